The van der Waals surface area contributed by atoms with Crippen LogP contribution < -0.4 is 10.6 Å². The zero-order valence-electron chi connectivity index (χ0n) is 41.9. The van der Waals surface area contributed by atoms with E-state index in [9.17, 15) is 54.0 Å². The van der Waals surface area contributed by atoms with Crippen molar-refractivity contribution in [2.75, 3.05) is 43.6 Å². The normalized spacial score (nSPS) is 34.9. The number of para-hydroxylation sites is 1. The Morgan fingerprint density at radius 1 is 0.930 bits per heavy atom. The Balaban J connectivity index is 1.42. The lowest BCUT2D eigenvalue weighted by Crippen LogP contribution is -2.63. The summed E-state index contributed by atoms with van der Waals surface area (Å²) < 4.78 is 17.8. The van der Waals surface area contributed by atoms with Crippen LogP contribution in [0, 0.1) is 35.5 Å². The number of thioether (sulfide) groups is 1. The maximum absolute atomic E-state index is 14.5. The van der Waals surface area contributed by atoms with E-state index in [4.69, 9.17) is 14.2 Å². The molecule has 5 rings (SSSR count). The molecule has 17 nitrogen and oxygen atoms in total. The third kappa shape index (κ3) is 15.8. The third-order valence-electron chi connectivity index (χ3n) is 14.7. The van der Waals surface area contributed by atoms with Crippen LogP contribution in [0.1, 0.15) is 105 Å². The summed E-state index contributed by atoms with van der Waals surface area (Å²) >= 11 is 1.62. The van der Waals surface area contributed by atoms with Gasteiger partial charge in [-0.3, -0.25) is 19.2 Å². The topological polar surface area (TPSA) is 255 Å². The molecule has 14 atom stereocenters. The molecule has 4 aliphatic rings. The van der Waals surface area contributed by atoms with Crippen molar-refractivity contribution in [1.82, 2.24) is 10.2 Å². The molecule has 0 unspecified atom stereocenters. The predicted octanol–water partition coefficient (Wildman–Crippen LogP) is 4.13. The molecule has 2 amide bonds. The van der Waals surface area contributed by atoms with Crippen LogP contribution in [0.5, 0.6) is 0 Å². The van der Waals surface area contributed by atoms with Gasteiger partial charge in [-0.25, -0.2) is 4.79 Å². The van der Waals surface area contributed by atoms with Crippen LogP contribution in [0.25, 0.3) is 0 Å². The number of carbonyl (C=O) groups excluding carboxylic acids is 7. The van der Waals surface area contributed by atoms with E-state index in [2.05, 4.69) is 10.6 Å². The number of cyclic esters (lactones) is 1. The lowest BCUT2D eigenvalue weighted by molar-refractivity contribution is -0.286. The van der Waals surface area contributed by atoms with E-state index in [1.54, 1.807) is 38.6 Å². The highest BCUT2D eigenvalue weighted by molar-refractivity contribution is 7.99. The zero-order valence-corrected chi connectivity index (χ0v) is 42.8. The molecule has 1 saturated carbocycles. The summed E-state index contributed by atoms with van der Waals surface area (Å²) in [5, 5.41) is 52.0. The summed E-state index contributed by atoms with van der Waals surface area (Å²) in [6, 6.07) is 8.14. The minimum atomic E-state index is -2.78. The van der Waals surface area contributed by atoms with Crippen LogP contribution in [0.2, 0.25) is 0 Å². The van der Waals surface area contributed by atoms with Crippen LogP contribution in [0.3, 0.4) is 0 Å². The number of anilines is 1. The van der Waals surface area contributed by atoms with Crippen LogP contribution in [0.15, 0.2) is 53.6 Å². The Morgan fingerprint density at radius 3 is 2.38 bits per heavy atom. The Kier molecular flexibility index (Phi) is 22.4. The number of nitrogens with one attached hydrogen (secondary N) is 2. The number of esters is 1. The van der Waals surface area contributed by atoms with Gasteiger partial charge in [0.1, 0.15) is 30.5 Å². The summed E-state index contributed by atoms with van der Waals surface area (Å²) in [5.74, 6) is -9.88. The number of nitrogens with zero attached hydrogens (tertiary/aromatic N) is 1. The molecule has 0 radical (unpaired) electrons. The Morgan fingerprint density at radius 2 is 1.68 bits per heavy atom. The van der Waals surface area contributed by atoms with Gasteiger partial charge in [-0.05, 0) is 114 Å². The van der Waals surface area contributed by atoms with Gasteiger partial charge in [-0.15, -0.1) is 0 Å². The highest BCUT2D eigenvalue weighted by atomic mass is 32.2. The van der Waals surface area contributed by atoms with Crippen molar-refractivity contribution in [2.45, 2.75) is 153 Å². The molecule has 2 bridgehead atoms. The molecule has 18 heteroatoms. The number of hydrogen-bond donors (Lipinski definition) is 6. The number of amides is 2. The minimum absolute atomic E-state index is 0.0243. The number of carbonyl (C=O) groups is 7. The monoisotopic (exact) mass is 1010 g/mol. The first-order valence-electron chi connectivity index (χ1n) is 25.4. The average molecular weight is 1010 g/mol. The van der Waals surface area contributed by atoms with Gasteiger partial charge < -0.3 is 59.8 Å². The second-order valence-corrected chi connectivity index (χ2v) is 21.4. The molecular formula is C53H77N3O14S. The molecule has 71 heavy (non-hydrogen) atoms. The molecule has 1 aliphatic carbocycles. The highest BCUT2D eigenvalue weighted by Crippen LogP contribution is 2.40. The number of benzene rings is 1. The number of ketones is 2. The van der Waals surface area contributed by atoms with Crippen LogP contribution in [-0.4, -0.2) is 154 Å². The Labute approximate surface area is 422 Å². The molecule has 0 spiro atoms. The van der Waals surface area contributed by atoms with Crippen molar-refractivity contribution in [3.8, 4) is 0 Å². The van der Waals surface area contributed by atoms with E-state index in [1.807, 2.05) is 36.4 Å². The van der Waals surface area contributed by atoms with Crippen molar-refractivity contribution < 1.29 is 68.2 Å². The molecular weight excluding hydrogens is 935 g/mol. The van der Waals surface area contributed by atoms with Crippen LogP contribution in [0.4, 0.5) is 5.69 Å². The maximum atomic E-state index is 14.5. The number of aliphatic hydroxyl groups is 4. The fourth-order valence-electron chi connectivity index (χ4n) is 10.5. The van der Waals surface area contributed by atoms with E-state index in [-0.39, 0.29) is 62.8 Å². The number of rotatable bonds is 15. The van der Waals surface area contributed by atoms with Crippen molar-refractivity contribution in [2.24, 2.45) is 35.5 Å². The number of aliphatic hydroxyl groups excluding tert-OH is 3. The first kappa shape index (κ1) is 57.6. The van der Waals surface area contributed by atoms with Crippen molar-refractivity contribution in [3.05, 3.63) is 53.6 Å². The minimum Gasteiger partial charge on any atom is -0.456 e. The molecule has 3 heterocycles. The molecule has 3 fully saturated rings. The lowest BCUT2D eigenvalue weighted by atomic mass is 9.78. The number of Topliss-reactive ketones (excluding diaryl/α,β-unsaturated/α-hetero) is 2. The van der Waals surface area contributed by atoms with Crippen molar-refractivity contribution in [3.63, 3.8) is 0 Å². The smallest absolute Gasteiger partial charge is 0.329 e. The molecule has 1 aromatic carbocycles. The summed E-state index contributed by atoms with van der Waals surface area (Å²) in [7, 11) is 1.53. The SMILES string of the molecule is CO[C@@H]1C[C@H](/C=C(\C)[C@H]2OC(=O)[C@@H]3CCCCN3C(=O)C(=O)[C@]3(O)O[C@H]([C@@H](O)C[C@@H](C=O)C/C(C)=C/[C@@H](CCCSCCNC(=O)CNc4ccccc4)C(=O)C[C@H](O)[C@H]2C)[C@@H](C=O)C[C@H]3C)CC[C@H]1O. The molecule has 0 aromatic heterocycles. The predicted molar refractivity (Wildman–Crippen MR) is 267 cm³/mol. The van der Waals surface area contributed by atoms with Crippen molar-refractivity contribution >= 4 is 59.4 Å². The van der Waals surface area contributed by atoms with E-state index in [1.165, 1.54) is 14.0 Å². The second kappa shape index (κ2) is 27.7. The lowest BCUT2D eigenvalue weighted by Gasteiger charge is -2.45. The van der Waals surface area contributed by atoms with Gasteiger partial charge in [0.15, 0.2) is 0 Å². The maximum Gasteiger partial charge on any atom is 0.329 e. The largest absolute Gasteiger partial charge is 0.456 e. The Bertz CT molecular complexity index is 2040. The number of methoxy groups -OCH3 is 1. The van der Waals surface area contributed by atoms with E-state index >= 15 is 0 Å². The summed E-state index contributed by atoms with van der Waals surface area (Å²) in [6.07, 6.45) is 1.54. The summed E-state index contributed by atoms with van der Waals surface area (Å²) in [6.45, 7) is 7.22. The van der Waals surface area contributed by atoms with E-state index in [0.717, 1.165) is 10.6 Å². The number of aldehydes is 2. The highest BCUT2D eigenvalue weighted by Gasteiger charge is 2.56. The molecule has 6 N–H and O–H groups in total. The van der Waals surface area contributed by atoms with Crippen LogP contribution in [-0.2, 0) is 47.8 Å². The van der Waals surface area contributed by atoms with Gasteiger partial charge in [0, 0.05) is 67.6 Å². The quantitative estimate of drug-likeness (QED) is 0.0475. The summed E-state index contributed by atoms with van der Waals surface area (Å²) in [5.41, 5.74) is 2.07. The first-order chi connectivity index (χ1) is 33.9. The van der Waals surface area contributed by atoms with Gasteiger partial charge in [0.25, 0.3) is 11.7 Å². The number of hydrogen-bond acceptors (Lipinski definition) is 16. The zero-order chi connectivity index (χ0) is 51.8. The molecule has 3 aliphatic heterocycles. The van der Waals surface area contributed by atoms with Crippen molar-refractivity contribution in [1.29, 1.82) is 0 Å². The number of fused-ring (bicyclic) bond motifs is 3. The van der Waals surface area contributed by atoms with Gasteiger partial charge in [0.05, 0.1) is 37.1 Å². The molecule has 2 saturated heterocycles. The van der Waals surface area contributed by atoms with Gasteiger partial charge in [0.2, 0.25) is 11.7 Å². The number of ether oxygens (including phenoxy) is 3. The van der Waals surface area contributed by atoms with Gasteiger partial charge >= 0.3 is 5.97 Å². The van der Waals surface area contributed by atoms with Gasteiger partial charge in [-0.2, -0.15) is 11.8 Å². The number of piperidine rings is 1. The second-order valence-electron chi connectivity index (χ2n) is 20.2. The molecule has 394 valence electrons. The fourth-order valence-corrected chi connectivity index (χ4v) is 11.4. The van der Waals surface area contributed by atoms with E-state index in [0.29, 0.717) is 86.7 Å². The van der Waals surface area contributed by atoms with Gasteiger partial charge in [-0.1, -0.05) is 49.8 Å². The first-order valence-corrected chi connectivity index (χ1v) is 26.5. The summed E-state index contributed by atoms with van der Waals surface area (Å²) in [4.78, 5) is 95.8. The third-order valence-corrected chi connectivity index (χ3v) is 15.8. The average Bonchev–Trinajstić information content (AvgIpc) is 3.36. The molecule has 1 aromatic rings. The Hall–Kier alpha value is -4.30. The van der Waals surface area contributed by atoms with Crippen LogP contribution >= 0.6 is 11.8 Å². The van der Waals surface area contributed by atoms with E-state index < -0.39 is 95.7 Å². The standard InChI is InChI=1S/C53H77N3O14S/c1-32-22-37(30-57)26-45(62)49-39(31-58)25-34(3)53(67,70-49)50(64)51(65)56-19-10-9-15-41(56)52(66)69-48(33(2)24-36-16-17-42(59)46(27-36)68-5)35(4)43(60)28-44(61)38(23-32)12-11-20-71-21-18-54-47(63)29-55-40-13-7-6-8-14-40/h6-8,13-14,23-24,30-31,34-39,41-43,45-46,48-49,55,59-60,62,67H,9-12,15-22,25-29H2,1-5H3,(H,54,63)/b32-23+,33-24+/t34-,35-,36+,37+,38-,39-,41+,42-,43+,45+,46-,48-,49+,53-/m1/s1. The number of allylic oxidation sites excluding steroid dienone is 3. The fraction of sp³-hybridized carbons (Fsp3) is 0.679.